The van der Waals surface area contributed by atoms with Gasteiger partial charge in [0.25, 0.3) is 0 Å². The molecule has 0 aliphatic rings. The molecular formula is C59H79N9O9. The van der Waals surface area contributed by atoms with Gasteiger partial charge >= 0.3 is 17.9 Å². The van der Waals surface area contributed by atoms with Gasteiger partial charge in [-0.1, -0.05) is 87.4 Å². The van der Waals surface area contributed by atoms with E-state index in [0.29, 0.717) is 68.3 Å². The monoisotopic (exact) mass is 1060 g/mol. The Hall–Kier alpha value is -7.89. The lowest BCUT2D eigenvalue weighted by Gasteiger charge is -2.25. The van der Waals surface area contributed by atoms with Gasteiger partial charge in [-0.3, -0.25) is 0 Å². The van der Waals surface area contributed by atoms with Crippen LogP contribution in [0.2, 0.25) is 0 Å². The molecule has 0 fully saturated rings. The number of rotatable bonds is 23. The Morgan fingerprint density at radius 2 is 0.818 bits per heavy atom. The zero-order chi connectivity index (χ0) is 57.1. The molecule has 6 rings (SSSR count). The number of carboxylic acids is 3. The van der Waals surface area contributed by atoms with Crippen LogP contribution in [0.4, 0.5) is 34.3 Å². The zero-order valence-electron chi connectivity index (χ0n) is 47.5. The summed E-state index contributed by atoms with van der Waals surface area (Å²) in [5.41, 5.74) is 7.75. The van der Waals surface area contributed by atoms with Crippen molar-refractivity contribution < 1.29 is 43.9 Å². The molecule has 0 radical (unpaired) electrons. The van der Waals surface area contributed by atoms with Crippen LogP contribution < -0.4 is 28.9 Å². The molecule has 18 heteroatoms. The van der Waals surface area contributed by atoms with Crippen LogP contribution in [-0.2, 0) is 0 Å². The van der Waals surface area contributed by atoms with Crippen LogP contribution >= 0.6 is 0 Å². The Bertz CT molecular complexity index is 2690. The largest absolute Gasteiger partial charge is 0.493 e. The first-order valence-corrected chi connectivity index (χ1v) is 26.3. The first-order valence-electron chi connectivity index (χ1n) is 26.3. The molecule has 3 aromatic heterocycles. The summed E-state index contributed by atoms with van der Waals surface area (Å²) >= 11 is 0. The maximum absolute atomic E-state index is 11.0. The lowest BCUT2D eigenvalue weighted by atomic mass is 10.0. The lowest BCUT2D eigenvalue weighted by Crippen LogP contribution is -2.19. The highest BCUT2D eigenvalue weighted by Crippen LogP contribution is 2.37. The molecule has 0 atom stereocenters. The van der Waals surface area contributed by atoms with E-state index in [4.69, 9.17) is 29.5 Å². The molecule has 0 saturated heterocycles. The molecule has 18 nitrogen and oxygen atoms in total. The fraction of sp³-hybridized carbons (Fsp3) is 0.441. The fourth-order valence-electron chi connectivity index (χ4n) is 7.85. The number of hydrogen-bond acceptors (Lipinski definition) is 15. The van der Waals surface area contributed by atoms with E-state index in [2.05, 4.69) is 118 Å². The van der Waals surface area contributed by atoms with Gasteiger partial charge in [0.15, 0.2) is 11.5 Å². The first kappa shape index (κ1) is 61.7. The average Bonchev–Trinajstić information content (AvgIpc) is 3.39. The summed E-state index contributed by atoms with van der Waals surface area (Å²) in [4.78, 5) is 54.5. The minimum absolute atomic E-state index is 0.0686. The molecule has 3 heterocycles. The summed E-state index contributed by atoms with van der Waals surface area (Å²) in [6, 6.07) is 21.6. The maximum Gasteiger partial charge on any atom is 0.373 e. The standard InChI is InChI=1S/2C20H27N3O3.C19H25N3O3/c1-6-23(16-10-21-19(20(24)25)22-11-16)15-7-8-17(14(4)5)18(9-15)26-12-13(2)3;1-6-23(19-10-9-17(20(24)25)21-22-19)15-7-8-16(14(4)5)18(11-15)26-12-13(2)3;1-6-22(15-10-20-18(19(23)24)21-11-15)14-7-8-16(12(2)3)17(9-14)25-13(4)5/h2*7-11,13-14H,6,12H2,1-5H3,(H,24,25);7-13H,6H2,1-5H3,(H,23,24). The van der Waals surface area contributed by atoms with Crippen molar-refractivity contribution in [1.82, 2.24) is 30.1 Å². The number of benzene rings is 3. The molecule has 0 aliphatic heterocycles. The topological polar surface area (TPSA) is 227 Å². The van der Waals surface area contributed by atoms with Crippen LogP contribution in [0.25, 0.3) is 0 Å². The summed E-state index contributed by atoms with van der Waals surface area (Å²) in [5, 5.41) is 34.7. The SMILES string of the molecule is CCN(c1ccc(C(C)C)c(OCC(C)C)c1)c1ccc(C(=O)O)nn1.CCN(c1cnc(C(=O)O)nc1)c1ccc(C(C)C)c(OC(C)C)c1.CCN(c1cnc(C(=O)O)nc1)c1ccc(C(C)C)c(OCC(C)C)c1. The Morgan fingerprint density at radius 1 is 0.455 bits per heavy atom. The quantitative estimate of drug-likeness (QED) is 0.0542. The molecule has 0 unspecified atom stereocenters. The number of hydrogen-bond donors (Lipinski definition) is 3. The summed E-state index contributed by atoms with van der Waals surface area (Å²) in [6.07, 6.45) is 6.20. The molecule has 0 aliphatic carbocycles. The van der Waals surface area contributed by atoms with Crippen molar-refractivity contribution in [2.75, 3.05) is 47.5 Å². The molecule has 0 spiro atoms. The fourth-order valence-corrected chi connectivity index (χ4v) is 7.85. The number of anilines is 6. The predicted molar refractivity (Wildman–Crippen MR) is 303 cm³/mol. The highest BCUT2D eigenvalue weighted by atomic mass is 16.5. The highest BCUT2D eigenvalue weighted by Gasteiger charge is 2.20. The maximum atomic E-state index is 11.0. The van der Waals surface area contributed by atoms with Crippen molar-refractivity contribution in [2.45, 2.75) is 128 Å². The summed E-state index contributed by atoms with van der Waals surface area (Å²) < 4.78 is 18.1. The van der Waals surface area contributed by atoms with Crippen LogP contribution in [0.3, 0.4) is 0 Å². The van der Waals surface area contributed by atoms with E-state index >= 15 is 0 Å². The lowest BCUT2D eigenvalue weighted by molar-refractivity contribution is 0.0673. The second-order valence-electron chi connectivity index (χ2n) is 20.2. The van der Waals surface area contributed by atoms with Gasteiger partial charge in [0.05, 0.1) is 55.5 Å². The molecule has 6 aromatic rings. The van der Waals surface area contributed by atoms with Crippen LogP contribution in [0, 0.1) is 11.8 Å². The van der Waals surface area contributed by atoms with E-state index in [1.165, 1.54) is 36.4 Å². The van der Waals surface area contributed by atoms with Crippen molar-refractivity contribution in [2.24, 2.45) is 11.8 Å². The molecule has 77 heavy (non-hydrogen) atoms. The highest BCUT2D eigenvalue weighted by molar-refractivity contribution is 5.85. The summed E-state index contributed by atoms with van der Waals surface area (Å²) in [7, 11) is 0. The predicted octanol–water partition coefficient (Wildman–Crippen LogP) is 13.2. The number of aromatic carboxylic acids is 3. The van der Waals surface area contributed by atoms with Gasteiger partial charge in [0.2, 0.25) is 11.6 Å². The zero-order valence-corrected chi connectivity index (χ0v) is 47.5. The number of carboxylic acid groups (broad SMARTS) is 3. The van der Waals surface area contributed by atoms with E-state index < -0.39 is 17.9 Å². The average molecular weight is 1060 g/mol. The van der Waals surface area contributed by atoms with Crippen molar-refractivity contribution >= 4 is 52.2 Å². The number of ether oxygens (including phenoxy) is 3. The third kappa shape index (κ3) is 17.9. The van der Waals surface area contributed by atoms with Gasteiger partial charge in [0, 0.05) is 54.9 Å². The molecule has 3 N–H and O–H groups in total. The molecule has 0 saturated carbocycles. The van der Waals surface area contributed by atoms with Crippen molar-refractivity contribution in [3.63, 3.8) is 0 Å². The molecule has 414 valence electrons. The third-order valence-electron chi connectivity index (χ3n) is 11.7. The minimum atomic E-state index is -1.14. The van der Waals surface area contributed by atoms with E-state index in [0.717, 1.165) is 56.8 Å². The second kappa shape index (κ2) is 29.4. The van der Waals surface area contributed by atoms with Gasteiger partial charge in [-0.2, -0.15) is 0 Å². The van der Waals surface area contributed by atoms with Gasteiger partial charge in [-0.15, -0.1) is 10.2 Å². The summed E-state index contributed by atoms with van der Waals surface area (Å²) in [5.74, 6) is 1.41. The Labute approximate surface area is 454 Å². The smallest absolute Gasteiger partial charge is 0.373 e. The van der Waals surface area contributed by atoms with E-state index in [9.17, 15) is 14.4 Å². The molecular weight excluding hydrogens is 979 g/mol. The van der Waals surface area contributed by atoms with Crippen LogP contribution in [-0.4, -0.2) is 102 Å². The van der Waals surface area contributed by atoms with Gasteiger partial charge in [-0.05, 0) is 111 Å². The van der Waals surface area contributed by atoms with Crippen molar-refractivity contribution in [3.05, 3.63) is 126 Å². The Balaban J connectivity index is 0.000000249. The third-order valence-corrected chi connectivity index (χ3v) is 11.7. The minimum Gasteiger partial charge on any atom is -0.493 e. The Morgan fingerprint density at radius 3 is 1.12 bits per heavy atom. The normalized spacial score (nSPS) is 11.0. The van der Waals surface area contributed by atoms with E-state index in [1.54, 1.807) is 6.07 Å². The van der Waals surface area contributed by atoms with Gasteiger partial charge in [0.1, 0.15) is 17.2 Å². The second-order valence-corrected chi connectivity index (χ2v) is 20.2. The van der Waals surface area contributed by atoms with Gasteiger partial charge in [-0.25, -0.2) is 34.3 Å². The van der Waals surface area contributed by atoms with E-state index in [1.807, 2.05) is 85.7 Å². The molecule has 3 aromatic carbocycles. The number of carbonyl (C=O) groups is 3. The summed E-state index contributed by atoms with van der Waals surface area (Å²) in [6.45, 7) is 34.8. The number of nitrogens with zero attached hydrogens (tertiary/aromatic N) is 9. The van der Waals surface area contributed by atoms with E-state index in [-0.39, 0.29) is 23.4 Å². The van der Waals surface area contributed by atoms with Crippen LogP contribution in [0.15, 0.2) is 91.5 Å². The number of aromatic nitrogens is 6. The van der Waals surface area contributed by atoms with Gasteiger partial charge < -0.3 is 44.2 Å². The van der Waals surface area contributed by atoms with Crippen molar-refractivity contribution in [1.29, 1.82) is 0 Å². The van der Waals surface area contributed by atoms with Crippen LogP contribution in [0.1, 0.15) is 170 Å². The molecule has 0 amide bonds. The van der Waals surface area contributed by atoms with Crippen LogP contribution in [0.5, 0.6) is 17.2 Å². The Kier molecular flexibility index (Phi) is 23.6. The molecule has 0 bridgehead atoms. The van der Waals surface area contributed by atoms with Crippen molar-refractivity contribution in [3.8, 4) is 17.2 Å². The first-order chi connectivity index (χ1) is 36.5.